The number of aliphatic carboxylic acids is 1. The number of aliphatic hydroxyl groups is 3. The Bertz CT molecular complexity index is 624. The van der Waals surface area contributed by atoms with Crippen molar-refractivity contribution < 1.29 is 39.4 Å². The van der Waals surface area contributed by atoms with Crippen molar-refractivity contribution >= 4 is 5.97 Å². The zero-order valence-electron chi connectivity index (χ0n) is 14.5. The molecule has 2 rings (SSSR count). The zero-order valence-corrected chi connectivity index (χ0v) is 14.5. The van der Waals surface area contributed by atoms with Gasteiger partial charge in [-0.25, -0.2) is 4.79 Å². The molecule has 1 fully saturated rings. The van der Waals surface area contributed by atoms with Crippen LogP contribution in [0.15, 0.2) is 18.2 Å². The van der Waals surface area contributed by atoms with Gasteiger partial charge in [0.05, 0.1) is 7.11 Å². The summed E-state index contributed by atoms with van der Waals surface area (Å²) < 4.78 is 16.0. The number of aliphatic hydroxyl groups excluding tert-OH is 3. The molecule has 4 N–H and O–H groups in total. The van der Waals surface area contributed by atoms with Gasteiger partial charge in [-0.05, 0) is 23.6 Å². The van der Waals surface area contributed by atoms with Gasteiger partial charge in [-0.1, -0.05) is 20.8 Å². The second kappa shape index (κ2) is 7.17. The highest BCUT2D eigenvalue weighted by atomic mass is 16.7. The van der Waals surface area contributed by atoms with Crippen LogP contribution in [0.5, 0.6) is 11.5 Å². The maximum atomic E-state index is 11.2. The molecule has 0 bridgehead atoms. The fraction of sp³-hybridized carbons (Fsp3) is 0.588. The molecule has 25 heavy (non-hydrogen) atoms. The summed E-state index contributed by atoms with van der Waals surface area (Å²) in [6.07, 6.45) is -8.24. The number of carboxylic acid groups (broad SMARTS) is 1. The Morgan fingerprint density at radius 1 is 1.12 bits per heavy atom. The summed E-state index contributed by atoms with van der Waals surface area (Å²) in [5, 5.41) is 38.8. The van der Waals surface area contributed by atoms with E-state index in [2.05, 4.69) is 0 Å². The minimum atomic E-state index is -1.76. The van der Waals surface area contributed by atoms with E-state index in [0.717, 1.165) is 5.56 Å². The first-order chi connectivity index (χ1) is 11.6. The normalized spacial score (nSPS) is 30.0. The van der Waals surface area contributed by atoms with Crippen LogP contribution in [-0.2, 0) is 14.9 Å². The predicted octanol–water partition coefficient (Wildman–Crippen LogP) is 0.264. The van der Waals surface area contributed by atoms with Crippen molar-refractivity contribution in [2.75, 3.05) is 7.11 Å². The highest BCUT2D eigenvalue weighted by Gasteiger charge is 2.48. The Hall–Kier alpha value is -1.87. The van der Waals surface area contributed by atoms with Gasteiger partial charge >= 0.3 is 5.97 Å². The third kappa shape index (κ3) is 4.04. The largest absolute Gasteiger partial charge is 0.497 e. The number of carboxylic acids is 1. The van der Waals surface area contributed by atoms with Gasteiger partial charge in [0.25, 0.3) is 0 Å². The molecule has 0 spiro atoms. The first kappa shape index (κ1) is 19.5. The lowest BCUT2D eigenvalue weighted by atomic mass is 9.86. The lowest BCUT2D eigenvalue weighted by Crippen LogP contribution is -2.61. The van der Waals surface area contributed by atoms with Crippen LogP contribution in [-0.4, -0.2) is 64.2 Å². The topological polar surface area (TPSA) is 126 Å². The van der Waals surface area contributed by atoms with Crippen LogP contribution in [0.4, 0.5) is 0 Å². The van der Waals surface area contributed by atoms with Gasteiger partial charge in [-0.2, -0.15) is 0 Å². The summed E-state index contributed by atoms with van der Waals surface area (Å²) in [6, 6.07) is 5.03. The minimum Gasteiger partial charge on any atom is -0.497 e. The van der Waals surface area contributed by atoms with Crippen LogP contribution in [0.25, 0.3) is 0 Å². The van der Waals surface area contributed by atoms with Gasteiger partial charge in [0.1, 0.15) is 29.8 Å². The number of carbonyl (C=O) groups is 1. The molecule has 1 aromatic carbocycles. The van der Waals surface area contributed by atoms with Gasteiger partial charge in [-0.3, -0.25) is 0 Å². The molecule has 0 aliphatic carbocycles. The van der Waals surface area contributed by atoms with E-state index in [9.17, 15) is 20.1 Å². The van der Waals surface area contributed by atoms with Crippen molar-refractivity contribution in [2.45, 2.75) is 56.9 Å². The Balaban J connectivity index is 2.33. The molecule has 5 atom stereocenters. The molecule has 8 heteroatoms. The monoisotopic (exact) mass is 356 g/mol. The molecule has 1 aliphatic heterocycles. The summed E-state index contributed by atoms with van der Waals surface area (Å²) in [5.74, 6) is -0.496. The van der Waals surface area contributed by atoms with Crippen molar-refractivity contribution in [2.24, 2.45) is 0 Å². The fourth-order valence-corrected chi connectivity index (χ4v) is 2.60. The van der Waals surface area contributed by atoms with E-state index in [1.54, 1.807) is 18.2 Å². The van der Waals surface area contributed by atoms with Crippen molar-refractivity contribution in [3.05, 3.63) is 23.8 Å². The molecule has 0 saturated carbocycles. The van der Waals surface area contributed by atoms with E-state index in [-0.39, 0.29) is 5.41 Å². The Morgan fingerprint density at radius 3 is 2.28 bits per heavy atom. The lowest BCUT2D eigenvalue weighted by Gasteiger charge is -2.39. The number of ether oxygens (including phenoxy) is 3. The van der Waals surface area contributed by atoms with E-state index in [1.807, 2.05) is 20.8 Å². The summed E-state index contributed by atoms with van der Waals surface area (Å²) in [4.78, 5) is 11.2. The Labute approximate surface area is 145 Å². The molecule has 1 aromatic rings. The minimum absolute atomic E-state index is 0.339. The van der Waals surface area contributed by atoms with E-state index in [0.29, 0.717) is 11.5 Å². The Morgan fingerprint density at radius 2 is 1.76 bits per heavy atom. The number of rotatable bonds is 4. The summed E-state index contributed by atoms with van der Waals surface area (Å²) >= 11 is 0. The summed E-state index contributed by atoms with van der Waals surface area (Å²) in [5.41, 5.74) is 0.406. The molecule has 5 unspecified atom stereocenters. The molecule has 140 valence electrons. The van der Waals surface area contributed by atoms with Gasteiger partial charge in [-0.15, -0.1) is 0 Å². The first-order valence-electron chi connectivity index (χ1n) is 7.84. The highest BCUT2D eigenvalue weighted by Crippen LogP contribution is 2.36. The van der Waals surface area contributed by atoms with Crippen molar-refractivity contribution in [3.8, 4) is 11.5 Å². The van der Waals surface area contributed by atoms with E-state index in [1.165, 1.54) is 7.11 Å². The smallest absolute Gasteiger partial charge is 0.335 e. The second-order valence-corrected chi connectivity index (χ2v) is 6.97. The SMILES string of the molecule is COc1ccc(OC2OC(C(=O)O)C(O)C(O)C2O)c(C(C)(C)C)c1. The van der Waals surface area contributed by atoms with Crippen LogP contribution < -0.4 is 9.47 Å². The van der Waals surface area contributed by atoms with E-state index < -0.39 is 36.7 Å². The van der Waals surface area contributed by atoms with Gasteiger partial charge in [0.15, 0.2) is 6.10 Å². The number of hydrogen-bond acceptors (Lipinski definition) is 7. The molecule has 1 aliphatic rings. The molecule has 8 nitrogen and oxygen atoms in total. The number of hydrogen-bond donors (Lipinski definition) is 4. The highest BCUT2D eigenvalue weighted by molar-refractivity contribution is 5.73. The molecule has 1 heterocycles. The van der Waals surface area contributed by atoms with Gasteiger partial charge in [0.2, 0.25) is 6.29 Å². The van der Waals surface area contributed by atoms with Crippen LogP contribution in [0.3, 0.4) is 0 Å². The molecule has 0 aromatic heterocycles. The predicted molar refractivity (Wildman–Crippen MR) is 86.6 cm³/mol. The lowest BCUT2D eigenvalue weighted by molar-refractivity contribution is -0.271. The second-order valence-electron chi connectivity index (χ2n) is 6.97. The van der Waals surface area contributed by atoms with E-state index in [4.69, 9.17) is 19.3 Å². The van der Waals surface area contributed by atoms with Crippen LogP contribution in [0, 0.1) is 0 Å². The number of benzene rings is 1. The van der Waals surface area contributed by atoms with Crippen LogP contribution in [0.1, 0.15) is 26.3 Å². The third-order valence-electron chi connectivity index (χ3n) is 4.05. The first-order valence-corrected chi connectivity index (χ1v) is 7.84. The van der Waals surface area contributed by atoms with Crippen molar-refractivity contribution in [3.63, 3.8) is 0 Å². The maximum absolute atomic E-state index is 11.2. The van der Waals surface area contributed by atoms with Crippen LogP contribution in [0.2, 0.25) is 0 Å². The average Bonchev–Trinajstić information content (AvgIpc) is 2.54. The zero-order chi connectivity index (χ0) is 18.9. The van der Waals surface area contributed by atoms with Crippen molar-refractivity contribution in [1.29, 1.82) is 0 Å². The molecule has 1 saturated heterocycles. The van der Waals surface area contributed by atoms with Gasteiger partial charge < -0.3 is 34.6 Å². The molecule has 0 amide bonds. The molecule has 0 radical (unpaired) electrons. The molecular weight excluding hydrogens is 332 g/mol. The van der Waals surface area contributed by atoms with E-state index >= 15 is 0 Å². The summed E-state index contributed by atoms with van der Waals surface area (Å²) in [7, 11) is 1.53. The fourth-order valence-electron chi connectivity index (χ4n) is 2.60. The maximum Gasteiger partial charge on any atom is 0.335 e. The Kier molecular flexibility index (Phi) is 5.58. The third-order valence-corrected chi connectivity index (χ3v) is 4.05. The number of methoxy groups -OCH3 is 1. The van der Waals surface area contributed by atoms with Crippen molar-refractivity contribution in [1.82, 2.24) is 0 Å². The standard InChI is InChI=1S/C17H24O8/c1-17(2,3)9-7-8(23-4)5-6-10(9)24-16-13(20)11(18)12(19)14(25-16)15(21)22/h5-7,11-14,16,18-20H,1-4H3,(H,21,22). The van der Waals surface area contributed by atoms with Gasteiger partial charge in [0, 0.05) is 5.56 Å². The quantitative estimate of drug-likeness (QED) is 0.605. The average molecular weight is 356 g/mol. The summed E-state index contributed by atoms with van der Waals surface area (Å²) in [6.45, 7) is 5.85. The molecular formula is C17H24O8. The van der Waals surface area contributed by atoms with Crippen LogP contribution >= 0.6 is 0 Å².